The zero-order chi connectivity index (χ0) is 12.7. The van der Waals surface area contributed by atoms with Crippen LogP contribution >= 0.6 is 11.8 Å². The molecule has 1 aliphatic carbocycles. The fourth-order valence-electron chi connectivity index (χ4n) is 2.75. The first-order valence-electron chi connectivity index (χ1n) is 6.58. The van der Waals surface area contributed by atoms with Gasteiger partial charge in [-0.3, -0.25) is 0 Å². The molecule has 2 aromatic carbocycles. The summed E-state index contributed by atoms with van der Waals surface area (Å²) in [5.41, 5.74) is 4.08. The van der Waals surface area contributed by atoms with Gasteiger partial charge in [-0.1, -0.05) is 78.9 Å². The first kappa shape index (κ1) is 11.1. The second kappa shape index (κ2) is 4.14. The molecule has 1 heteroatoms. The van der Waals surface area contributed by atoms with Gasteiger partial charge >= 0.3 is 0 Å². The molecule has 2 unspecified atom stereocenters. The van der Waals surface area contributed by atoms with Gasteiger partial charge in [-0.05, 0) is 16.7 Å². The van der Waals surface area contributed by atoms with Crippen LogP contribution in [-0.4, -0.2) is 5.25 Å². The molecular formula is C18H14S. The zero-order valence-corrected chi connectivity index (χ0v) is 11.3. The lowest BCUT2D eigenvalue weighted by molar-refractivity contribution is 0.907. The predicted octanol–water partition coefficient (Wildman–Crippen LogP) is 4.65. The highest BCUT2D eigenvalue weighted by Crippen LogP contribution is 2.65. The highest BCUT2D eigenvalue weighted by Gasteiger charge is 2.54. The molecule has 1 saturated heterocycles. The first-order valence-corrected chi connectivity index (χ1v) is 7.46. The Morgan fingerprint density at radius 3 is 2.21 bits per heavy atom. The molecule has 1 heterocycles. The average molecular weight is 262 g/mol. The van der Waals surface area contributed by atoms with Crippen LogP contribution in [-0.2, 0) is 4.75 Å². The van der Waals surface area contributed by atoms with E-state index < -0.39 is 0 Å². The highest BCUT2D eigenvalue weighted by atomic mass is 32.2. The Kier molecular flexibility index (Phi) is 2.42. The fourth-order valence-corrected chi connectivity index (χ4v) is 4.02. The van der Waals surface area contributed by atoms with Gasteiger partial charge in [0.2, 0.25) is 0 Å². The van der Waals surface area contributed by atoms with Crippen molar-refractivity contribution >= 4 is 17.3 Å². The molecule has 1 aliphatic heterocycles. The first-order chi connectivity index (χ1) is 9.38. The maximum Gasteiger partial charge on any atom is 0.0752 e. The average Bonchev–Trinajstić information content (AvgIpc) is 3.24. The largest absolute Gasteiger partial charge is 0.135 e. The SMILES string of the molecule is C1=CC2(c3ccccc3)SC2C=C1c1ccccc1. The monoisotopic (exact) mass is 262 g/mol. The van der Waals surface area contributed by atoms with E-state index in [0.717, 1.165) is 0 Å². The summed E-state index contributed by atoms with van der Waals surface area (Å²) in [6.45, 7) is 0. The Morgan fingerprint density at radius 1 is 0.842 bits per heavy atom. The van der Waals surface area contributed by atoms with E-state index in [2.05, 4.69) is 78.9 Å². The third kappa shape index (κ3) is 1.77. The molecule has 2 aliphatic rings. The summed E-state index contributed by atoms with van der Waals surface area (Å²) in [6, 6.07) is 21.4. The third-order valence-electron chi connectivity index (χ3n) is 3.86. The van der Waals surface area contributed by atoms with Crippen molar-refractivity contribution in [2.75, 3.05) is 0 Å². The van der Waals surface area contributed by atoms with Gasteiger partial charge in [0, 0.05) is 5.25 Å². The van der Waals surface area contributed by atoms with Gasteiger partial charge in [0.25, 0.3) is 0 Å². The molecule has 0 bridgehead atoms. The van der Waals surface area contributed by atoms with Crippen LogP contribution < -0.4 is 0 Å². The topological polar surface area (TPSA) is 0 Å². The van der Waals surface area contributed by atoms with Crippen LogP contribution in [0.5, 0.6) is 0 Å². The van der Waals surface area contributed by atoms with E-state index >= 15 is 0 Å². The van der Waals surface area contributed by atoms with E-state index in [9.17, 15) is 0 Å². The second-order valence-corrected chi connectivity index (χ2v) is 6.44. The van der Waals surface area contributed by atoms with E-state index in [1.165, 1.54) is 16.7 Å². The number of allylic oxidation sites excluding steroid dienone is 2. The van der Waals surface area contributed by atoms with Gasteiger partial charge in [0.1, 0.15) is 0 Å². The van der Waals surface area contributed by atoms with Crippen molar-refractivity contribution in [3.8, 4) is 0 Å². The fraction of sp³-hybridized carbons (Fsp3) is 0.111. The quantitative estimate of drug-likeness (QED) is 0.710. The molecule has 0 amide bonds. The summed E-state index contributed by atoms with van der Waals surface area (Å²) >= 11 is 2.03. The summed E-state index contributed by atoms with van der Waals surface area (Å²) in [4.78, 5) is 0. The summed E-state index contributed by atoms with van der Waals surface area (Å²) in [5.74, 6) is 0. The van der Waals surface area contributed by atoms with E-state index in [1.54, 1.807) is 0 Å². The van der Waals surface area contributed by atoms with Crippen molar-refractivity contribution in [2.45, 2.75) is 10.00 Å². The molecule has 0 nitrogen and oxygen atoms in total. The van der Waals surface area contributed by atoms with Gasteiger partial charge in [0.15, 0.2) is 0 Å². The van der Waals surface area contributed by atoms with E-state index in [0.29, 0.717) is 5.25 Å². The Morgan fingerprint density at radius 2 is 1.53 bits per heavy atom. The van der Waals surface area contributed by atoms with Crippen molar-refractivity contribution in [1.82, 2.24) is 0 Å². The molecule has 0 spiro atoms. The minimum Gasteiger partial charge on any atom is -0.135 e. The minimum absolute atomic E-state index is 0.208. The number of thioether (sulfide) groups is 1. The Hall–Kier alpha value is -1.73. The van der Waals surface area contributed by atoms with Gasteiger partial charge in [-0.25, -0.2) is 0 Å². The van der Waals surface area contributed by atoms with Crippen LogP contribution in [0.15, 0.2) is 78.9 Å². The summed E-state index contributed by atoms with van der Waals surface area (Å²) < 4.78 is 0.208. The Labute approximate surface area is 117 Å². The Bertz CT molecular complexity index is 655. The minimum atomic E-state index is 0.208. The summed E-state index contributed by atoms with van der Waals surface area (Å²) in [7, 11) is 0. The maximum atomic E-state index is 2.41. The van der Waals surface area contributed by atoms with Crippen molar-refractivity contribution < 1.29 is 0 Å². The highest BCUT2D eigenvalue weighted by molar-refractivity contribution is 8.08. The summed E-state index contributed by atoms with van der Waals surface area (Å²) in [6.07, 6.45) is 7.06. The second-order valence-electron chi connectivity index (χ2n) is 5.02. The Balaban J connectivity index is 1.67. The molecule has 0 radical (unpaired) electrons. The zero-order valence-electron chi connectivity index (χ0n) is 10.5. The van der Waals surface area contributed by atoms with Crippen molar-refractivity contribution in [3.05, 3.63) is 90.0 Å². The van der Waals surface area contributed by atoms with Crippen LogP contribution in [0.25, 0.3) is 5.57 Å². The van der Waals surface area contributed by atoms with Crippen LogP contribution in [0.2, 0.25) is 0 Å². The number of hydrogen-bond donors (Lipinski definition) is 0. The number of rotatable bonds is 2. The maximum absolute atomic E-state index is 2.41. The molecule has 0 saturated carbocycles. The molecule has 2 aromatic rings. The molecular weight excluding hydrogens is 248 g/mol. The molecule has 0 aromatic heterocycles. The predicted molar refractivity (Wildman–Crippen MR) is 83.1 cm³/mol. The molecule has 1 fully saturated rings. The van der Waals surface area contributed by atoms with Crippen molar-refractivity contribution in [1.29, 1.82) is 0 Å². The lowest BCUT2D eigenvalue weighted by atomic mass is 9.88. The summed E-state index contributed by atoms with van der Waals surface area (Å²) in [5, 5.41) is 0.593. The van der Waals surface area contributed by atoms with Gasteiger partial charge in [0.05, 0.1) is 4.75 Å². The molecule has 19 heavy (non-hydrogen) atoms. The smallest absolute Gasteiger partial charge is 0.0752 e. The van der Waals surface area contributed by atoms with Gasteiger partial charge in [-0.2, -0.15) is 0 Å². The van der Waals surface area contributed by atoms with Crippen molar-refractivity contribution in [2.24, 2.45) is 0 Å². The lowest BCUT2D eigenvalue weighted by Gasteiger charge is -2.15. The molecule has 0 N–H and O–H groups in total. The standard InChI is InChI=1S/C18H14S/c1-3-7-14(8-4-1)15-11-12-18(17(13-15)19-18)16-9-5-2-6-10-16/h1-13,17H. The van der Waals surface area contributed by atoms with Crippen LogP contribution in [0.3, 0.4) is 0 Å². The normalized spacial score (nSPS) is 27.6. The molecule has 4 rings (SSSR count). The van der Waals surface area contributed by atoms with E-state index in [-0.39, 0.29) is 4.75 Å². The van der Waals surface area contributed by atoms with Crippen LogP contribution in [0.1, 0.15) is 11.1 Å². The van der Waals surface area contributed by atoms with Crippen LogP contribution in [0, 0.1) is 0 Å². The van der Waals surface area contributed by atoms with Gasteiger partial charge in [-0.15, -0.1) is 11.8 Å². The molecule has 2 atom stereocenters. The van der Waals surface area contributed by atoms with E-state index in [4.69, 9.17) is 0 Å². The number of benzene rings is 2. The lowest BCUT2D eigenvalue weighted by Crippen LogP contribution is -2.10. The van der Waals surface area contributed by atoms with E-state index in [1.807, 2.05) is 11.8 Å². The van der Waals surface area contributed by atoms with Crippen molar-refractivity contribution in [3.63, 3.8) is 0 Å². The number of hydrogen-bond acceptors (Lipinski definition) is 1. The number of fused-ring (bicyclic) bond motifs is 1. The van der Waals surface area contributed by atoms with Crippen LogP contribution in [0.4, 0.5) is 0 Å². The third-order valence-corrected chi connectivity index (χ3v) is 5.38. The van der Waals surface area contributed by atoms with Gasteiger partial charge < -0.3 is 0 Å². The molecule has 92 valence electrons.